The molecule has 0 N–H and O–H groups in total. The SMILES string of the molecule is CCCC(=O)OCC1=COC(C)(CC(C)C)O1. The summed E-state index contributed by atoms with van der Waals surface area (Å²) in [5.74, 6) is 0.253. The van der Waals surface area contributed by atoms with Crippen LogP contribution in [0.2, 0.25) is 0 Å². The van der Waals surface area contributed by atoms with Crippen molar-refractivity contribution in [1.29, 1.82) is 0 Å². The first-order valence-corrected chi connectivity index (χ1v) is 6.16. The second kappa shape index (κ2) is 5.94. The zero-order chi connectivity index (χ0) is 12.9. The highest BCUT2D eigenvalue weighted by molar-refractivity contribution is 5.69. The molecule has 0 radical (unpaired) electrons. The normalized spacial score (nSPS) is 23.0. The van der Waals surface area contributed by atoms with Crippen molar-refractivity contribution in [3.63, 3.8) is 0 Å². The average molecular weight is 242 g/mol. The van der Waals surface area contributed by atoms with Gasteiger partial charge < -0.3 is 14.2 Å². The molecule has 1 atom stereocenters. The van der Waals surface area contributed by atoms with E-state index in [4.69, 9.17) is 14.2 Å². The van der Waals surface area contributed by atoms with Gasteiger partial charge in [-0.2, -0.15) is 0 Å². The summed E-state index contributed by atoms with van der Waals surface area (Å²) < 4.78 is 16.2. The molecule has 0 amide bonds. The topological polar surface area (TPSA) is 44.8 Å². The van der Waals surface area contributed by atoms with Crippen molar-refractivity contribution in [1.82, 2.24) is 0 Å². The lowest BCUT2D eigenvalue weighted by atomic mass is 10.0. The summed E-state index contributed by atoms with van der Waals surface area (Å²) in [4.78, 5) is 11.2. The number of carbonyl (C=O) groups is 1. The third-order valence-corrected chi connectivity index (χ3v) is 2.40. The summed E-state index contributed by atoms with van der Waals surface area (Å²) in [5.41, 5.74) is 0. The molecule has 0 fully saturated rings. The fourth-order valence-corrected chi connectivity index (χ4v) is 1.84. The van der Waals surface area contributed by atoms with Gasteiger partial charge in [0.05, 0.1) is 0 Å². The molecule has 98 valence electrons. The minimum absolute atomic E-state index is 0.159. The van der Waals surface area contributed by atoms with E-state index >= 15 is 0 Å². The molecule has 1 aliphatic heterocycles. The number of hydrogen-bond donors (Lipinski definition) is 0. The van der Waals surface area contributed by atoms with Crippen molar-refractivity contribution in [2.75, 3.05) is 6.61 Å². The van der Waals surface area contributed by atoms with E-state index in [1.54, 1.807) is 6.26 Å². The molecule has 0 bridgehead atoms. The van der Waals surface area contributed by atoms with Gasteiger partial charge in [0, 0.05) is 19.8 Å². The maximum atomic E-state index is 11.2. The Morgan fingerprint density at radius 3 is 2.82 bits per heavy atom. The zero-order valence-electron chi connectivity index (χ0n) is 11.1. The molecule has 0 aromatic carbocycles. The fraction of sp³-hybridized carbons (Fsp3) is 0.769. The molecule has 0 saturated heterocycles. The standard InChI is InChI=1S/C13H22O4/c1-5-6-12(14)15-8-11-9-16-13(4,17-11)7-10(2)3/h9-10H,5-8H2,1-4H3. The minimum atomic E-state index is -0.610. The van der Waals surface area contributed by atoms with Gasteiger partial charge in [0.2, 0.25) is 5.79 Å². The Hall–Kier alpha value is -1.19. The molecule has 1 unspecified atom stereocenters. The average Bonchev–Trinajstić information content (AvgIpc) is 2.56. The van der Waals surface area contributed by atoms with E-state index in [9.17, 15) is 4.79 Å². The highest BCUT2D eigenvalue weighted by Crippen LogP contribution is 2.31. The molecule has 0 spiro atoms. The highest BCUT2D eigenvalue weighted by atomic mass is 16.7. The van der Waals surface area contributed by atoms with E-state index in [2.05, 4.69) is 13.8 Å². The van der Waals surface area contributed by atoms with Crippen LogP contribution in [0.3, 0.4) is 0 Å². The van der Waals surface area contributed by atoms with Crippen molar-refractivity contribution >= 4 is 5.97 Å². The van der Waals surface area contributed by atoms with Gasteiger partial charge in [-0.05, 0) is 12.3 Å². The molecular formula is C13H22O4. The molecular weight excluding hydrogens is 220 g/mol. The lowest BCUT2D eigenvalue weighted by molar-refractivity contribution is -0.156. The van der Waals surface area contributed by atoms with Crippen LogP contribution in [0.15, 0.2) is 12.0 Å². The van der Waals surface area contributed by atoms with Crippen molar-refractivity contribution in [3.8, 4) is 0 Å². The molecule has 0 aromatic rings. The summed E-state index contributed by atoms with van der Waals surface area (Å²) >= 11 is 0. The van der Waals surface area contributed by atoms with Crippen molar-refractivity contribution in [2.24, 2.45) is 5.92 Å². The zero-order valence-corrected chi connectivity index (χ0v) is 11.1. The Morgan fingerprint density at radius 2 is 2.24 bits per heavy atom. The van der Waals surface area contributed by atoms with E-state index in [1.807, 2.05) is 13.8 Å². The molecule has 4 heteroatoms. The summed E-state index contributed by atoms with van der Waals surface area (Å²) in [6.07, 6.45) is 3.58. The van der Waals surface area contributed by atoms with Gasteiger partial charge >= 0.3 is 5.97 Å². The van der Waals surface area contributed by atoms with Gasteiger partial charge in [-0.25, -0.2) is 0 Å². The van der Waals surface area contributed by atoms with Crippen LogP contribution in [0.1, 0.15) is 47.0 Å². The third-order valence-electron chi connectivity index (χ3n) is 2.40. The Morgan fingerprint density at radius 1 is 1.53 bits per heavy atom. The van der Waals surface area contributed by atoms with Crippen molar-refractivity contribution in [2.45, 2.75) is 52.7 Å². The molecule has 0 aromatic heterocycles. The van der Waals surface area contributed by atoms with Crippen LogP contribution in [0.5, 0.6) is 0 Å². The van der Waals surface area contributed by atoms with E-state index in [-0.39, 0.29) is 12.6 Å². The van der Waals surface area contributed by atoms with Gasteiger partial charge in [-0.3, -0.25) is 4.79 Å². The van der Waals surface area contributed by atoms with Crippen molar-refractivity contribution in [3.05, 3.63) is 12.0 Å². The molecule has 1 rings (SSSR count). The number of rotatable bonds is 6. The lowest BCUT2D eigenvalue weighted by Gasteiger charge is -2.25. The third kappa shape index (κ3) is 4.67. The van der Waals surface area contributed by atoms with E-state index in [0.29, 0.717) is 18.1 Å². The van der Waals surface area contributed by atoms with Crippen LogP contribution in [-0.4, -0.2) is 18.4 Å². The fourth-order valence-electron chi connectivity index (χ4n) is 1.84. The van der Waals surface area contributed by atoms with E-state index in [1.165, 1.54) is 0 Å². The number of ether oxygens (including phenoxy) is 3. The quantitative estimate of drug-likeness (QED) is 0.672. The number of hydrogen-bond acceptors (Lipinski definition) is 4. The second-order valence-corrected chi connectivity index (χ2v) is 4.95. The Balaban J connectivity index is 2.32. The molecule has 1 aliphatic rings. The Labute approximate surface area is 103 Å². The first-order chi connectivity index (χ1) is 7.95. The molecule has 17 heavy (non-hydrogen) atoms. The molecule has 0 saturated carbocycles. The minimum Gasteiger partial charge on any atom is -0.457 e. The lowest BCUT2D eigenvalue weighted by Crippen LogP contribution is -2.28. The Bertz CT molecular complexity index is 296. The maximum Gasteiger partial charge on any atom is 0.306 e. The second-order valence-electron chi connectivity index (χ2n) is 4.95. The molecule has 4 nitrogen and oxygen atoms in total. The maximum absolute atomic E-state index is 11.2. The monoisotopic (exact) mass is 242 g/mol. The van der Waals surface area contributed by atoms with Crippen LogP contribution < -0.4 is 0 Å². The number of esters is 1. The first-order valence-electron chi connectivity index (χ1n) is 6.16. The summed E-state index contributed by atoms with van der Waals surface area (Å²) in [7, 11) is 0. The predicted molar refractivity (Wildman–Crippen MR) is 64.0 cm³/mol. The summed E-state index contributed by atoms with van der Waals surface area (Å²) in [5, 5.41) is 0. The van der Waals surface area contributed by atoms with Crippen LogP contribution in [0.4, 0.5) is 0 Å². The van der Waals surface area contributed by atoms with Gasteiger partial charge in [-0.15, -0.1) is 0 Å². The first kappa shape index (κ1) is 13.9. The van der Waals surface area contributed by atoms with Crippen LogP contribution in [0, 0.1) is 5.92 Å². The predicted octanol–water partition coefficient (Wildman–Crippen LogP) is 2.98. The summed E-state index contributed by atoms with van der Waals surface area (Å²) in [6.45, 7) is 8.21. The van der Waals surface area contributed by atoms with Crippen LogP contribution in [0.25, 0.3) is 0 Å². The largest absolute Gasteiger partial charge is 0.457 e. The van der Waals surface area contributed by atoms with E-state index < -0.39 is 5.79 Å². The van der Waals surface area contributed by atoms with E-state index in [0.717, 1.165) is 12.8 Å². The van der Waals surface area contributed by atoms with Crippen LogP contribution in [-0.2, 0) is 19.0 Å². The number of carbonyl (C=O) groups excluding carboxylic acids is 1. The summed E-state index contributed by atoms with van der Waals surface area (Å²) in [6, 6.07) is 0. The smallest absolute Gasteiger partial charge is 0.306 e. The van der Waals surface area contributed by atoms with Crippen LogP contribution >= 0.6 is 0 Å². The highest BCUT2D eigenvalue weighted by Gasteiger charge is 2.34. The molecule has 1 heterocycles. The van der Waals surface area contributed by atoms with Gasteiger partial charge in [0.25, 0.3) is 0 Å². The van der Waals surface area contributed by atoms with Gasteiger partial charge in [-0.1, -0.05) is 20.8 Å². The van der Waals surface area contributed by atoms with Crippen molar-refractivity contribution < 1.29 is 19.0 Å². The molecule has 0 aliphatic carbocycles. The van der Waals surface area contributed by atoms with Gasteiger partial charge in [0.15, 0.2) is 12.4 Å². The Kier molecular flexibility index (Phi) is 4.85. The van der Waals surface area contributed by atoms with Gasteiger partial charge in [0.1, 0.15) is 6.26 Å².